The number of alkyl halides is 1. The second-order valence-corrected chi connectivity index (χ2v) is 5.70. The van der Waals surface area contributed by atoms with Crippen molar-refractivity contribution in [2.45, 2.75) is 12.3 Å². The van der Waals surface area contributed by atoms with E-state index >= 15 is 0 Å². The SMILES string of the molecule is Fc1cc(Br)cc(OCCc2nc(CCl)cs2)c1. The molecule has 0 saturated heterocycles. The summed E-state index contributed by atoms with van der Waals surface area (Å²) in [5.41, 5.74) is 0.880. The zero-order valence-electron chi connectivity index (χ0n) is 9.33. The van der Waals surface area contributed by atoms with Crippen LogP contribution >= 0.6 is 38.9 Å². The normalized spacial score (nSPS) is 10.6. The van der Waals surface area contributed by atoms with Gasteiger partial charge in [-0.1, -0.05) is 15.9 Å². The van der Waals surface area contributed by atoms with Crippen LogP contribution in [0, 0.1) is 5.82 Å². The van der Waals surface area contributed by atoms with E-state index in [1.54, 1.807) is 17.4 Å². The van der Waals surface area contributed by atoms with Gasteiger partial charge in [0.05, 0.1) is 23.2 Å². The molecule has 96 valence electrons. The standard InChI is InChI=1S/C12H10BrClFNOS/c13-8-3-9(15)5-11(4-8)17-2-1-12-16-10(6-14)7-18-12/h3-5,7H,1-2,6H2. The van der Waals surface area contributed by atoms with Crippen LogP contribution in [0.15, 0.2) is 28.1 Å². The molecule has 0 saturated carbocycles. The molecule has 0 aliphatic rings. The van der Waals surface area contributed by atoms with Gasteiger partial charge in [-0.15, -0.1) is 22.9 Å². The van der Waals surface area contributed by atoms with Crippen molar-refractivity contribution in [3.05, 3.63) is 44.6 Å². The summed E-state index contributed by atoms with van der Waals surface area (Å²) in [6.07, 6.45) is 0.690. The van der Waals surface area contributed by atoms with E-state index in [2.05, 4.69) is 20.9 Å². The number of rotatable bonds is 5. The van der Waals surface area contributed by atoms with E-state index in [9.17, 15) is 4.39 Å². The summed E-state index contributed by atoms with van der Waals surface area (Å²) in [4.78, 5) is 4.32. The molecule has 0 fully saturated rings. The Labute approximate surface area is 122 Å². The fraction of sp³-hybridized carbons (Fsp3) is 0.250. The van der Waals surface area contributed by atoms with Crippen molar-refractivity contribution in [2.75, 3.05) is 6.61 Å². The van der Waals surface area contributed by atoms with E-state index in [0.717, 1.165) is 10.7 Å². The van der Waals surface area contributed by atoms with E-state index in [-0.39, 0.29) is 5.82 Å². The van der Waals surface area contributed by atoms with E-state index in [0.29, 0.717) is 29.1 Å². The van der Waals surface area contributed by atoms with Crippen LogP contribution in [0.1, 0.15) is 10.7 Å². The summed E-state index contributed by atoms with van der Waals surface area (Å²) in [6, 6.07) is 4.48. The van der Waals surface area contributed by atoms with Crippen LogP contribution in [0.3, 0.4) is 0 Å². The summed E-state index contributed by atoms with van der Waals surface area (Å²) in [5.74, 6) is 0.614. The molecule has 1 aromatic carbocycles. The van der Waals surface area contributed by atoms with Crippen molar-refractivity contribution < 1.29 is 9.13 Å². The predicted molar refractivity (Wildman–Crippen MR) is 75.0 cm³/mol. The van der Waals surface area contributed by atoms with Gasteiger partial charge in [0, 0.05) is 22.3 Å². The lowest BCUT2D eigenvalue weighted by molar-refractivity contribution is 0.320. The van der Waals surface area contributed by atoms with Crippen LogP contribution in [-0.4, -0.2) is 11.6 Å². The number of thiazole rings is 1. The quantitative estimate of drug-likeness (QED) is 0.745. The molecule has 0 bridgehead atoms. The number of hydrogen-bond acceptors (Lipinski definition) is 3. The van der Waals surface area contributed by atoms with Crippen LogP contribution in [0.5, 0.6) is 5.75 Å². The summed E-state index contributed by atoms with van der Waals surface area (Å²) in [6.45, 7) is 0.463. The van der Waals surface area contributed by atoms with Crippen LogP contribution in [0.4, 0.5) is 4.39 Å². The Balaban J connectivity index is 1.88. The predicted octanol–water partition coefficient (Wildman–Crippen LogP) is 4.41. The Bertz CT molecular complexity index is 514. The van der Waals surface area contributed by atoms with E-state index < -0.39 is 0 Å². The smallest absolute Gasteiger partial charge is 0.128 e. The third kappa shape index (κ3) is 3.93. The minimum absolute atomic E-state index is 0.321. The van der Waals surface area contributed by atoms with Gasteiger partial charge in [0.25, 0.3) is 0 Å². The fourth-order valence-corrected chi connectivity index (χ4v) is 2.85. The van der Waals surface area contributed by atoms with Crippen molar-refractivity contribution in [3.8, 4) is 5.75 Å². The van der Waals surface area contributed by atoms with Crippen LogP contribution < -0.4 is 4.74 Å². The molecule has 2 rings (SSSR count). The lowest BCUT2D eigenvalue weighted by Crippen LogP contribution is -2.01. The Morgan fingerprint density at radius 2 is 2.22 bits per heavy atom. The van der Waals surface area contributed by atoms with Gasteiger partial charge in [-0.2, -0.15) is 0 Å². The van der Waals surface area contributed by atoms with Crippen LogP contribution in [-0.2, 0) is 12.3 Å². The molecule has 0 unspecified atom stereocenters. The molecule has 2 nitrogen and oxygen atoms in total. The summed E-state index contributed by atoms with van der Waals surface area (Å²) in [5, 5.41) is 2.90. The molecule has 18 heavy (non-hydrogen) atoms. The summed E-state index contributed by atoms with van der Waals surface area (Å²) < 4.78 is 19.2. The number of ether oxygens (including phenoxy) is 1. The number of benzene rings is 1. The maximum Gasteiger partial charge on any atom is 0.128 e. The fourth-order valence-electron chi connectivity index (χ4n) is 1.39. The van der Waals surface area contributed by atoms with Gasteiger partial charge in [-0.3, -0.25) is 0 Å². The first-order valence-electron chi connectivity index (χ1n) is 5.25. The number of halogens is 3. The van der Waals surface area contributed by atoms with Gasteiger partial charge >= 0.3 is 0 Å². The molecule has 0 N–H and O–H groups in total. The van der Waals surface area contributed by atoms with E-state index in [4.69, 9.17) is 16.3 Å². The molecule has 0 radical (unpaired) electrons. The molecular formula is C12H10BrClFNOS. The van der Waals surface area contributed by atoms with E-state index in [1.165, 1.54) is 12.1 Å². The van der Waals surface area contributed by atoms with Gasteiger partial charge in [0.15, 0.2) is 0 Å². The highest BCUT2D eigenvalue weighted by molar-refractivity contribution is 9.10. The van der Waals surface area contributed by atoms with Crippen molar-refractivity contribution in [2.24, 2.45) is 0 Å². The van der Waals surface area contributed by atoms with Crippen LogP contribution in [0.25, 0.3) is 0 Å². The first-order valence-corrected chi connectivity index (χ1v) is 7.46. The van der Waals surface area contributed by atoms with Gasteiger partial charge in [-0.05, 0) is 12.1 Å². The van der Waals surface area contributed by atoms with Crippen molar-refractivity contribution in [1.82, 2.24) is 4.98 Å². The maximum absolute atomic E-state index is 13.1. The minimum Gasteiger partial charge on any atom is -0.493 e. The third-order valence-electron chi connectivity index (χ3n) is 2.16. The minimum atomic E-state index is -0.321. The topological polar surface area (TPSA) is 22.1 Å². The largest absolute Gasteiger partial charge is 0.493 e. The Morgan fingerprint density at radius 3 is 2.89 bits per heavy atom. The Kier molecular flexibility index (Phi) is 4.97. The molecule has 0 spiro atoms. The second-order valence-electron chi connectivity index (χ2n) is 3.57. The highest BCUT2D eigenvalue weighted by Crippen LogP contribution is 2.21. The number of nitrogens with zero attached hydrogens (tertiary/aromatic N) is 1. The lowest BCUT2D eigenvalue weighted by atomic mass is 10.3. The molecule has 1 aromatic heterocycles. The molecular weight excluding hydrogens is 341 g/mol. The zero-order chi connectivity index (χ0) is 13.0. The Morgan fingerprint density at radius 1 is 1.39 bits per heavy atom. The highest BCUT2D eigenvalue weighted by atomic mass is 79.9. The molecule has 1 heterocycles. The number of aromatic nitrogens is 1. The molecule has 0 aliphatic carbocycles. The number of hydrogen-bond donors (Lipinski definition) is 0. The first kappa shape index (κ1) is 13.8. The first-order chi connectivity index (χ1) is 8.67. The summed E-state index contributed by atoms with van der Waals surface area (Å²) >= 11 is 10.4. The zero-order valence-corrected chi connectivity index (χ0v) is 12.5. The van der Waals surface area contributed by atoms with Gasteiger partial charge in [-0.25, -0.2) is 9.37 Å². The third-order valence-corrected chi connectivity index (χ3v) is 3.85. The van der Waals surface area contributed by atoms with Crippen LogP contribution in [0.2, 0.25) is 0 Å². The molecule has 6 heteroatoms. The van der Waals surface area contributed by atoms with Gasteiger partial charge in [0.1, 0.15) is 11.6 Å². The monoisotopic (exact) mass is 349 g/mol. The molecule has 0 atom stereocenters. The highest BCUT2D eigenvalue weighted by Gasteiger charge is 2.03. The van der Waals surface area contributed by atoms with Crippen molar-refractivity contribution >= 4 is 38.9 Å². The lowest BCUT2D eigenvalue weighted by Gasteiger charge is -2.05. The van der Waals surface area contributed by atoms with Crippen molar-refractivity contribution in [3.63, 3.8) is 0 Å². The van der Waals surface area contributed by atoms with Crippen molar-refractivity contribution in [1.29, 1.82) is 0 Å². The molecule has 2 aromatic rings. The Hall–Kier alpha value is -0.650. The average Bonchev–Trinajstić information content (AvgIpc) is 2.76. The molecule has 0 aliphatic heterocycles. The second kappa shape index (κ2) is 6.50. The summed E-state index contributed by atoms with van der Waals surface area (Å²) in [7, 11) is 0. The van der Waals surface area contributed by atoms with Gasteiger partial charge < -0.3 is 4.74 Å². The average molecular weight is 351 g/mol. The van der Waals surface area contributed by atoms with Gasteiger partial charge in [0.2, 0.25) is 0 Å². The maximum atomic E-state index is 13.1. The van der Waals surface area contributed by atoms with E-state index in [1.807, 2.05) is 5.38 Å². The molecule has 0 amide bonds.